The predicted molar refractivity (Wildman–Crippen MR) is 93.6 cm³/mol. The zero-order valence-corrected chi connectivity index (χ0v) is 14.0. The molecule has 2 aromatic carbocycles. The van der Waals surface area contributed by atoms with Gasteiger partial charge in [0.05, 0.1) is 0 Å². The van der Waals surface area contributed by atoms with Crippen LogP contribution < -0.4 is 0 Å². The van der Waals surface area contributed by atoms with Gasteiger partial charge in [-0.05, 0) is 42.7 Å². The van der Waals surface area contributed by atoms with Crippen LogP contribution in [0.25, 0.3) is 0 Å². The maximum absolute atomic E-state index is 12.9. The molecule has 0 atom stereocenters. The summed E-state index contributed by atoms with van der Waals surface area (Å²) in [5.41, 5.74) is 2.98. The van der Waals surface area contributed by atoms with E-state index in [4.69, 9.17) is 0 Å². The SMILES string of the molecule is Cc1ccccc1C(=O)N1CCN(CCc2ccc(F)cc2)CC1. The molecule has 1 fully saturated rings. The molecule has 3 rings (SSSR count). The van der Waals surface area contributed by atoms with Crippen molar-refractivity contribution in [2.24, 2.45) is 0 Å². The van der Waals surface area contributed by atoms with Crippen molar-refractivity contribution in [2.45, 2.75) is 13.3 Å². The van der Waals surface area contributed by atoms with E-state index in [0.29, 0.717) is 0 Å². The van der Waals surface area contributed by atoms with Crippen LogP contribution in [0.5, 0.6) is 0 Å². The number of benzene rings is 2. The Morgan fingerprint density at radius 2 is 1.67 bits per heavy atom. The fourth-order valence-corrected chi connectivity index (χ4v) is 3.10. The van der Waals surface area contributed by atoms with Crippen LogP contribution in [0.3, 0.4) is 0 Å². The first-order valence-electron chi connectivity index (χ1n) is 8.45. The van der Waals surface area contributed by atoms with E-state index in [1.54, 1.807) is 0 Å². The first-order valence-corrected chi connectivity index (χ1v) is 8.45. The van der Waals surface area contributed by atoms with Crippen molar-refractivity contribution in [1.29, 1.82) is 0 Å². The zero-order valence-electron chi connectivity index (χ0n) is 14.0. The van der Waals surface area contributed by atoms with Gasteiger partial charge < -0.3 is 4.90 Å². The second-order valence-electron chi connectivity index (χ2n) is 6.33. The van der Waals surface area contributed by atoms with Gasteiger partial charge in [-0.3, -0.25) is 9.69 Å². The molecule has 126 valence electrons. The summed E-state index contributed by atoms with van der Waals surface area (Å²) < 4.78 is 12.9. The molecular formula is C20H23FN2O. The van der Waals surface area contributed by atoms with Gasteiger partial charge in [-0.2, -0.15) is 0 Å². The Kier molecular flexibility index (Phi) is 5.26. The Labute approximate surface area is 142 Å². The lowest BCUT2D eigenvalue weighted by Gasteiger charge is -2.35. The molecule has 0 radical (unpaired) electrons. The summed E-state index contributed by atoms with van der Waals surface area (Å²) in [7, 11) is 0. The van der Waals surface area contributed by atoms with E-state index in [0.717, 1.165) is 55.8 Å². The lowest BCUT2D eigenvalue weighted by molar-refractivity contribution is 0.0638. The molecule has 1 heterocycles. The number of carbonyl (C=O) groups is 1. The highest BCUT2D eigenvalue weighted by atomic mass is 19.1. The van der Waals surface area contributed by atoms with Crippen LogP contribution in [0.1, 0.15) is 21.5 Å². The Balaban J connectivity index is 1.49. The predicted octanol–water partition coefficient (Wildman–Crippen LogP) is 3.13. The topological polar surface area (TPSA) is 23.6 Å². The van der Waals surface area contributed by atoms with E-state index in [2.05, 4.69) is 4.90 Å². The molecule has 4 heteroatoms. The standard InChI is InChI=1S/C20H23FN2O/c1-16-4-2-3-5-19(16)20(24)23-14-12-22(13-15-23)11-10-17-6-8-18(21)9-7-17/h2-9H,10-15H2,1H3. The third-order valence-electron chi connectivity index (χ3n) is 4.66. The lowest BCUT2D eigenvalue weighted by Crippen LogP contribution is -2.49. The number of rotatable bonds is 4. The van der Waals surface area contributed by atoms with Crippen LogP contribution >= 0.6 is 0 Å². The van der Waals surface area contributed by atoms with Gasteiger partial charge in [0.1, 0.15) is 5.82 Å². The molecule has 0 saturated carbocycles. The number of aryl methyl sites for hydroxylation is 1. The fourth-order valence-electron chi connectivity index (χ4n) is 3.10. The van der Waals surface area contributed by atoms with Crippen LogP contribution in [-0.4, -0.2) is 48.4 Å². The van der Waals surface area contributed by atoms with Gasteiger partial charge in [0, 0.05) is 38.3 Å². The highest BCUT2D eigenvalue weighted by molar-refractivity contribution is 5.95. The maximum atomic E-state index is 12.9. The van der Waals surface area contributed by atoms with Crippen LogP contribution in [0.2, 0.25) is 0 Å². The maximum Gasteiger partial charge on any atom is 0.254 e. The van der Waals surface area contributed by atoms with Gasteiger partial charge in [-0.25, -0.2) is 4.39 Å². The monoisotopic (exact) mass is 326 g/mol. The normalized spacial score (nSPS) is 15.5. The molecule has 1 saturated heterocycles. The summed E-state index contributed by atoms with van der Waals surface area (Å²) in [6.07, 6.45) is 0.909. The molecule has 0 spiro atoms. The number of nitrogens with zero attached hydrogens (tertiary/aromatic N) is 2. The average Bonchev–Trinajstić information content (AvgIpc) is 2.61. The average molecular weight is 326 g/mol. The van der Waals surface area contributed by atoms with Crippen molar-refractivity contribution >= 4 is 5.91 Å². The van der Waals surface area contributed by atoms with Crippen LogP contribution in [-0.2, 0) is 6.42 Å². The van der Waals surface area contributed by atoms with Crippen LogP contribution in [0, 0.1) is 12.7 Å². The molecule has 0 N–H and O–H groups in total. The highest BCUT2D eigenvalue weighted by Crippen LogP contribution is 2.13. The summed E-state index contributed by atoms with van der Waals surface area (Å²) in [6, 6.07) is 14.5. The van der Waals surface area contributed by atoms with Gasteiger partial charge in [0.15, 0.2) is 0 Å². The molecule has 1 aliphatic rings. The van der Waals surface area contributed by atoms with E-state index in [9.17, 15) is 9.18 Å². The van der Waals surface area contributed by atoms with Crippen molar-refractivity contribution in [1.82, 2.24) is 9.80 Å². The van der Waals surface area contributed by atoms with Crippen molar-refractivity contribution < 1.29 is 9.18 Å². The smallest absolute Gasteiger partial charge is 0.254 e. The third kappa shape index (κ3) is 4.01. The minimum atomic E-state index is -0.193. The molecule has 2 aromatic rings. The van der Waals surface area contributed by atoms with Crippen molar-refractivity contribution in [2.75, 3.05) is 32.7 Å². The van der Waals surface area contributed by atoms with Gasteiger partial charge >= 0.3 is 0 Å². The fraction of sp³-hybridized carbons (Fsp3) is 0.350. The van der Waals surface area contributed by atoms with Gasteiger partial charge in [-0.15, -0.1) is 0 Å². The number of hydrogen-bond donors (Lipinski definition) is 0. The second kappa shape index (κ2) is 7.58. The number of piperazine rings is 1. The number of halogens is 1. The minimum absolute atomic E-state index is 0.131. The van der Waals surface area contributed by atoms with Crippen molar-refractivity contribution in [3.05, 3.63) is 71.0 Å². The van der Waals surface area contributed by atoms with E-state index in [1.165, 1.54) is 12.1 Å². The molecule has 0 unspecified atom stereocenters. The van der Waals surface area contributed by atoms with Crippen molar-refractivity contribution in [3.8, 4) is 0 Å². The number of carbonyl (C=O) groups excluding carboxylic acids is 1. The van der Waals surface area contributed by atoms with Gasteiger partial charge in [0.25, 0.3) is 5.91 Å². The Morgan fingerprint density at radius 3 is 2.33 bits per heavy atom. The third-order valence-corrected chi connectivity index (χ3v) is 4.66. The number of hydrogen-bond acceptors (Lipinski definition) is 2. The van der Waals surface area contributed by atoms with E-state index in [1.807, 2.05) is 48.2 Å². The lowest BCUT2D eigenvalue weighted by atomic mass is 10.1. The summed E-state index contributed by atoms with van der Waals surface area (Å²) in [6.45, 7) is 6.22. The Hall–Kier alpha value is -2.20. The van der Waals surface area contributed by atoms with Crippen molar-refractivity contribution in [3.63, 3.8) is 0 Å². The summed E-state index contributed by atoms with van der Waals surface area (Å²) >= 11 is 0. The number of amides is 1. The van der Waals surface area contributed by atoms with Gasteiger partial charge in [-0.1, -0.05) is 30.3 Å². The first kappa shape index (κ1) is 16.7. The molecule has 3 nitrogen and oxygen atoms in total. The minimum Gasteiger partial charge on any atom is -0.336 e. The summed E-state index contributed by atoms with van der Waals surface area (Å²) in [5.74, 6) is -0.0617. The van der Waals surface area contributed by atoms with Crippen LogP contribution in [0.15, 0.2) is 48.5 Å². The molecular weight excluding hydrogens is 303 g/mol. The molecule has 0 bridgehead atoms. The second-order valence-corrected chi connectivity index (χ2v) is 6.33. The molecule has 0 aromatic heterocycles. The zero-order chi connectivity index (χ0) is 16.9. The van der Waals surface area contributed by atoms with Gasteiger partial charge in [0.2, 0.25) is 0 Å². The Morgan fingerprint density at radius 1 is 1.00 bits per heavy atom. The molecule has 0 aliphatic carbocycles. The van der Waals surface area contributed by atoms with E-state index >= 15 is 0 Å². The molecule has 1 amide bonds. The van der Waals surface area contributed by atoms with Crippen LogP contribution in [0.4, 0.5) is 4.39 Å². The Bertz CT molecular complexity index is 691. The van der Waals surface area contributed by atoms with E-state index < -0.39 is 0 Å². The summed E-state index contributed by atoms with van der Waals surface area (Å²) in [5, 5.41) is 0. The van der Waals surface area contributed by atoms with E-state index in [-0.39, 0.29) is 11.7 Å². The first-order chi connectivity index (χ1) is 11.6. The summed E-state index contributed by atoms with van der Waals surface area (Å²) in [4.78, 5) is 16.9. The molecule has 1 aliphatic heterocycles. The largest absolute Gasteiger partial charge is 0.336 e. The highest BCUT2D eigenvalue weighted by Gasteiger charge is 2.22. The molecule has 24 heavy (non-hydrogen) atoms. The quantitative estimate of drug-likeness (QED) is 0.862.